The van der Waals surface area contributed by atoms with E-state index in [1.54, 1.807) is 0 Å². The van der Waals surface area contributed by atoms with Gasteiger partial charge in [-0.3, -0.25) is 9.59 Å². The van der Waals surface area contributed by atoms with E-state index in [4.69, 9.17) is 4.74 Å². The Morgan fingerprint density at radius 3 is 2.59 bits per heavy atom. The van der Waals surface area contributed by atoms with Gasteiger partial charge in [0, 0.05) is 43.6 Å². The lowest BCUT2D eigenvalue weighted by atomic mass is 10.1. The standard InChI is InChI=1S/C21H27N3O3/c1-3-27-19-8-7-17(14-16(19)2)21(26)24-11-5-10-23(12-13-24)20(25)15-18-6-4-9-22-18/h4,6-9,14,22H,3,5,10-13,15H2,1-2H3. The van der Waals surface area contributed by atoms with Gasteiger partial charge in [-0.1, -0.05) is 0 Å². The molecule has 1 fully saturated rings. The van der Waals surface area contributed by atoms with E-state index in [2.05, 4.69) is 4.98 Å². The molecule has 1 N–H and O–H groups in total. The Kier molecular flexibility index (Phi) is 6.16. The number of benzene rings is 1. The van der Waals surface area contributed by atoms with Gasteiger partial charge in [0.15, 0.2) is 0 Å². The largest absolute Gasteiger partial charge is 0.494 e. The molecule has 1 aliphatic rings. The number of hydrogen-bond acceptors (Lipinski definition) is 3. The number of amides is 2. The van der Waals surface area contributed by atoms with Crippen LogP contribution in [0, 0.1) is 6.92 Å². The Balaban J connectivity index is 1.61. The average molecular weight is 369 g/mol. The molecule has 0 atom stereocenters. The van der Waals surface area contributed by atoms with E-state index in [9.17, 15) is 9.59 Å². The quantitative estimate of drug-likeness (QED) is 0.881. The normalized spacial score (nSPS) is 14.7. The zero-order valence-electron chi connectivity index (χ0n) is 16.0. The molecule has 2 aromatic rings. The van der Waals surface area contributed by atoms with Crippen molar-refractivity contribution in [2.45, 2.75) is 26.7 Å². The van der Waals surface area contributed by atoms with E-state index in [1.807, 2.05) is 60.2 Å². The third-order valence-electron chi connectivity index (χ3n) is 4.86. The summed E-state index contributed by atoms with van der Waals surface area (Å²) in [6.07, 6.45) is 2.99. The molecule has 6 heteroatoms. The van der Waals surface area contributed by atoms with Crippen LogP contribution in [0.5, 0.6) is 5.75 Å². The maximum absolute atomic E-state index is 12.9. The molecule has 0 radical (unpaired) electrons. The number of aromatic amines is 1. The fraction of sp³-hybridized carbons (Fsp3) is 0.429. The first kappa shape index (κ1) is 19.0. The number of aryl methyl sites for hydroxylation is 1. The molecule has 1 saturated heterocycles. The third-order valence-corrected chi connectivity index (χ3v) is 4.86. The summed E-state index contributed by atoms with van der Waals surface area (Å²) >= 11 is 0. The van der Waals surface area contributed by atoms with Gasteiger partial charge < -0.3 is 19.5 Å². The number of nitrogens with zero attached hydrogens (tertiary/aromatic N) is 2. The highest BCUT2D eigenvalue weighted by atomic mass is 16.5. The summed E-state index contributed by atoms with van der Waals surface area (Å²) in [5, 5.41) is 0. The number of nitrogens with one attached hydrogen (secondary N) is 1. The van der Waals surface area contributed by atoms with Crippen molar-refractivity contribution in [3.05, 3.63) is 53.3 Å². The molecule has 27 heavy (non-hydrogen) atoms. The summed E-state index contributed by atoms with van der Waals surface area (Å²) in [6, 6.07) is 9.37. The van der Waals surface area contributed by atoms with Crippen molar-refractivity contribution in [1.29, 1.82) is 0 Å². The predicted molar refractivity (Wildman–Crippen MR) is 104 cm³/mol. The van der Waals surface area contributed by atoms with Gasteiger partial charge in [0.2, 0.25) is 5.91 Å². The Bertz CT molecular complexity index is 786. The lowest BCUT2D eigenvalue weighted by Crippen LogP contribution is -2.38. The minimum Gasteiger partial charge on any atom is -0.494 e. The monoisotopic (exact) mass is 369 g/mol. The number of rotatable bonds is 5. The second-order valence-corrected chi connectivity index (χ2v) is 6.81. The van der Waals surface area contributed by atoms with Crippen LogP contribution < -0.4 is 4.74 Å². The van der Waals surface area contributed by atoms with Crippen LogP contribution in [0.1, 0.15) is 35.0 Å². The van der Waals surface area contributed by atoms with Crippen molar-refractivity contribution >= 4 is 11.8 Å². The molecule has 6 nitrogen and oxygen atoms in total. The summed E-state index contributed by atoms with van der Waals surface area (Å²) < 4.78 is 5.55. The molecule has 0 saturated carbocycles. The maximum atomic E-state index is 12.9. The van der Waals surface area contributed by atoms with Crippen LogP contribution in [0.3, 0.4) is 0 Å². The molecule has 2 heterocycles. The molecule has 144 valence electrons. The molecule has 3 rings (SSSR count). The van der Waals surface area contributed by atoms with E-state index < -0.39 is 0 Å². The van der Waals surface area contributed by atoms with Crippen molar-refractivity contribution in [3.63, 3.8) is 0 Å². The molecule has 0 bridgehead atoms. The molecule has 2 amide bonds. The second-order valence-electron chi connectivity index (χ2n) is 6.81. The van der Waals surface area contributed by atoms with Crippen molar-refractivity contribution in [3.8, 4) is 5.75 Å². The van der Waals surface area contributed by atoms with Crippen molar-refractivity contribution < 1.29 is 14.3 Å². The van der Waals surface area contributed by atoms with Gasteiger partial charge in [-0.05, 0) is 56.2 Å². The zero-order valence-corrected chi connectivity index (χ0v) is 16.0. The summed E-state index contributed by atoms with van der Waals surface area (Å²) in [6.45, 7) is 6.97. The molecule has 0 unspecified atom stereocenters. The van der Waals surface area contributed by atoms with Gasteiger partial charge >= 0.3 is 0 Å². The smallest absolute Gasteiger partial charge is 0.253 e. The minimum atomic E-state index is 0.0137. The lowest BCUT2D eigenvalue weighted by Gasteiger charge is -2.22. The second kappa shape index (κ2) is 8.75. The Morgan fingerprint density at radius 1 is 1.11 bits per heavy atom. The zero-order chi connectivity index (χ0) is 19.2. The Hall–Kier alpha value is -2.76. The molecular formula is C21H27N3O3. The number of carbonyl (C=O) groups is 2. The molecule has 0 spiro atoms. The number of ether oxygens (including phenoxy) is 1. The summed E-state index contributed by atoms with van der Waals surface area (Å²) in [4.78, 5) is 32.2. The van der Waals surface area contributed by atoms with Crippen LogP contribution in [-0.4, -0.2) is 59.4 Å². The first-order chi connectivity index (χ1) is 13.1. The number of carbonyl (C=O) groups excluding carboxylic acids is 2. The lowest BCUT2D eigenvalue weighted by molar-refractivity contribution is -0.130. The van der Waals surface area contributed by atoms with E-state index in [0.717, 1.165) is 23.4 Å². The number of H-pyrrole nitrogens is 1. The van der Waals surface area contributed by atoms with Gasteiger partial charge in [-0.25, -0.2) is 0 Å². The van der Waals surface area contributed by atoms with E-state index in [1.165, 1.54) is 0 Å². The highest BCUT2D eigenvalue weighted by Gasteiger charge is 2.23. The van der Waals surface area contributed by atoms with E-state index in [0.29, 0.717) is 44.8 Å². The van der Waals surface area contributed by atoms with Crippen molar-refractivity contribution in [1.82, 2.24) is 14.8 Å². The van der Waals surface area contributed by atoms with E-state index >= 15 is 0 Å². The van der Waals surface area contributed by atoms with Gasteiger partial charge in [-0.15, -0.1) is 0 Å². The van der Waals surface area contributed by atoms with Crippen molar-refractivity contribution in [2.75, 3.05) is 32.8 Å². The molecule has 1 aromatic carbocycles. The number of hydrogen-bond donors (Lipinski definition) is 1. The topological polar surface area (TPSA) is 65.6 Å². The SMILES string of the molecule is CCOc1ccc(C(=O)N2CCCN(C(=O)Cc3ccc[nH]3)CC2)cc1C. The van der Waals surface area contributed by atoms with Crippen LogP contribution >= 0.6 is 0 Å². The van der Waals surface area contributed by atoms with Gasteiger partial charge in [0.25, 0.3) is 5.91 Å². The Labute approximate surface area is 160 Å². The minimum absolute atomic E-state index is 0.0137. The molecule has 1 aliphatic heterocycles. The van der Waals surface area contributed by atoms with Crippen LogP contribution in [0.4, 0.5) is 0 Å². The summed E-state index contributed by atoms with van der Waals surface area (Å²) in [7, 11) is 0. The van der Waals surface area contributed by atoms with E-state index in [-0.39, 0.29) is 11.8 Å². The molecular weight excluding hydrogens is 342 g/mol. The predicted octanol–water partition coefficient (Wildman–Crippen LogP) is 2.64. The van der Waals surface area contributed by atoms with Crippen LogP contribution in [0.15, 0.2) is 36.5 Å². The maximum Gasteiger partial charge on any atom is 0.253 e. The number of aromatic nitrogens is 1. The fourth-order valence-corrected chi connectivity index (χ4v) is 3.40. The summed E-state index contributed by atoms with van der Waals surface area (Å²) in [5.74, 6) is 0.925. The summed E-state index contributed by atoms with van der Waals surface area (Å²) in [5.41, 5.74) is 2.55. The average Bonchev–Trinajstić information content (AvgIpc) is 3.04. The third kappa shape index (κ3) is 4.70. The highest BCUT2D eigenvalue weighted by molar-refractivity contribution is 5.94. The highest BCUT2D eigenvalue weighted by Crippen LogP contribution is 2.20. The van der Waals surface area contributed by atoms with Gasteiger partial charge in [0.05, 0.1) is 13.0 Å². The Morgan fingerprint density at radius 2 is 1.89 bits per heavy atom. The first-order valence-corrected chi connectivity index (χ1v) is 9.51. The van der Waals surface area contributed by atoms with Crippen LogP contribution in [-0.2, 0) is 11.2 Å². The van der Waals surface area contributed by atoms with Gasteiger partial charge in [-0.2, -0.15) is 0 Å². The van der Waals surface area contributed by atoms with Gasteiger partial charge in [0.1, 0.15) is 5.75 Å². The van der Waals surface area contributed by atoms with Crippen LogP contribution in [0.25, 0.3) is 0 Å². The molecule has 0 aliphatic carbocycles. The van der Waals surface area contributed by atoms with Crippen molar-refractivity contribution in [2.24, 2.45) is 0 Å². The van der Waals surface area contributed by atoms with Crippen LogP contribution in [0.2, 0.25) is 0 Å². The first-order valence-electron chi connectivity index (χ1n) is 9.51. The molecule has 1 aromatic heterocycles. The fourth-order valence-electron chi connectivity index (χ4n) is 3.40.